The maximum absolute atomic E-state index is 12.3. The Morgan fingerprint density at radius 2 is 2.38 bits per heavy atom. The van der Waals surface area contributed by atoms with Crippen molar-refractivity contribution in [1.29, 1.82) is 0 Å². The molecule has 1 aromatic rings. The molecule has 3 rings (SSSR count). The lowest BCUT2D eigenvalue weighted by Crippen LogP contribution is -2.39. The van der Waals surface area contributed by atoms with E-state index in [0.717, 1.165) is 31.7 Å². The molecule has 1 aromatic heterocycles. The number of amides is 1. The van der Waals surface area contributed by atoms with E-state index in [1.807, 2.05) is 34.8 Å². The third kappa shape index (κ3) is 1.37. The molecule has 0 radical (unpaired) electrons. The Kier molecular flexibility index (Phi) is 2.24. The van der Waals surface area contributed by atoms with Crippen LogP contribution in [0.15, 0.2) is 18.3 Å². The minimum atomic E-state index is 0.184. The molecule has 2 fully saturated rings. The Morgan fingerprint density at radius 1 is 1.50 bits per heavy atom. The van der Waals surface area contributed by atoms with E-state index in [1.54, 1.807) is 0 Å². The lowest BCUT2D eigenvalue weighted by molar-refractivity contribution is 0.0727. The molecule has 2 saturated heterocycles. The van der Waals surface area contributed by atoms with E-state index in [-0.39, 0.29) is 5.91 Å². The van der Waals surface area contributed by atoms with Crippen LogP contribution >= 0.6 is 0 Å². The number of likely N-dealkylation sites (tertiary alicyclic amines) is 1. The number of carbonyl (C=O) groups is 1. The Labute approximate surface area is 95.2 Å². The molecular formula is C12H17N3O. The topological polar surface area (TPSA) is 37.3 Å². The van der Waals surface area contributed by atoms with Crippen molar-refractivity contribution in [1.82, 2.24) is 14.8 Å². The minimum absolute atomic E-state index is 0.184. The van der Waals surface area contributed by atoms with Crippen LogP contribution in [0.1, 0.15) is 16.9 Å². The highest BCUT2D eigenvalue weighted by Gasteiger charge is 2.40. The van der Waals surface area contributed by atoms with Crippen molar-refractivity contribution in [3.63, 3.8) is 0 Å². The number of fused-ring (bicyclic) bond motifs is 1. The molecule has 2 aliphatic rings. The van der Waals surface area contributed by atoms with E-state index in [0.29, 0.717) is 12.0 Å². The lowest BCUT2D eigenvalue weighted by atomic mass is 10.1. The zero-order valence-corrected chi connectivity index (χ0v) is 9.52. The van der Waals surface area contributed by atoms with Gasteiger partial charge in [0.05, 0.1) is 0 Å². The summed E-state index contributed by atoms with van der Waals surface area (Å²) in [6.45, 7) is 2.95. The Balaban J connectivity index is 1.83. The zero-order chi connectivity index (χ0) is 11.1. The molecule has 0 saturated carbocycles. The predicted molar refractivity (Wildman–Crippen MR) is 61.2 cm³/mol. The summed E-state index contributed by atoms with van der Waals surface area (Å²) in [4.78, 5) is 14.4. The highest BCUT2D eigenvalue weighted by Crippen LogP contribution is 2.28. The molecule has 1 N–H and O–H groups in total. The second-order valence-electron chi connectivity index (χ2n) is 4.78. The third-order valence-electron chi connectivity index (χ3n) is 3.87. The van der Waals surface area contributed by atoms with Crippen molar-refractivity contribution in [2.75, 3.05) is 19.6 Å². The smallest absolute Gasteiger partial charge is 0.270 e. The van der Waals surface area contributed by atoms with Crippen molar-refractivity contribution in [2.24, 2.45) is 13.0 Å². The van der Waals surface area contributed by atoms with Gasteiger partial charge in [0.1, 0.15) is 5.69 Å². The van der Waals surface area contributed by atoms with Gasteiger partial charge in [0.25, 0.3) is 5.91 Å². The van der Waals surface area contributed by atoms with Gasteiger partial charge in [0, 0.05) is 38.9 Å². The highest BCUT2D eigenvalue weighted by atomic mass is 16.2. The molecule has 4 nitrogen and oxygen atoms in total. The lowest BCUT2D eigenvalue weighted by Gasteiger charge is -2.23. The van der Waals surface area contributed by atoms with Crippen LogP contribution in [-0.2, 0) is 7.05 Å². The molecule has 86 valence electrons. The van der Waals surface area contributed by atoms with E-state index in [9.17, 15) is 4.79 Å². The number of nitrogens with zero attached hydrogens (tertiary/aromatic N) is 2. The van der Waals surface area contributed by atoms with Gasteiger partial charge in [-0.15, -0.1) is 0 Å². The van der Waals surface area contributed by atoms with Crippen LogP contribution in [0, 0.1) is 5.92 Å². The van der Waals surface area contributed by atoms with Crippen LogP contribution in [0.4, 0.5) is 0 Å². The van der Waals surface area contributed by atoms with Crippen molar-refractivity contribution in [3.8, 4) is 0 Å². The van der Waals surface area contributed by atoms with E-state index in [1.165, 1.54) is 0 Å². The molecule has 0 unspecified atom stereocenters. The maximum atomic E-state index is 12.3. The van der Waals surface area contributed by atoms with Crippen molar-refractivity contribution >= 4 is 5.91 Å². The van der Waals surface area contributed by atoms with Gasteiger partial charge in [0.2, 0.25) is 0 Å². The van der Waals surface area contributed by atoms with Gasteiger partial charge in [-0.25, -0.2) is 0 Å². The summed E-state index contributed by atoms with van der Waals surface area (Å²) in [6.07, 6.45) is 3.07. The van der Waals surface area contributed by atoms with Gasteiger partial charge in [0.15, 0.2) is 0 Å². The summed E-state index contributed by atoms with van der Waals surface area (Å²) in [5.41, 5.74) is 0.799. The molecule has 3 heterocycles. The summed E-state index contributed by atoms with van der Waals surface area (Å²) in [6, 6.07) is 4.24. The van der Waals surface area contributed by atoms with Crippen molar-refractivity contribution in [2.45, 2.75) is 12.5 Å². The van der Waals surface area contributed by atoms with Gasteiger partial charge >= 0.3 is 0 Å². The summed E-state index contributed by atoms with van der Waals surface area (Å²) in [5.74, 6) is 0.855. The first kappa shape index (κ1) is 9.90. The molecule has 4 heteroatoms. The van der Waals surface area contributed by atoms with E-state index in [2.05, 4.69) is 5.32 Å². The standard InChI is InChI=1S/C12H17N3O/c1-14-5-2-3-10(14)12(16)15-6-4-9-7-13-8-11(9)15/h2-3,5,9,11,13H,4,6-8H2,1H3/t9-,11+/m0/s1. The summed E-state index contributed by atoms with van der Waals surface area (Å²) in [5, 5.41) is 3.37. The predicted octanol–water partition coefficient (Wildman–Crippen LogP) is 0.459. The molecular weight excluding hydrogens is 202 g/mol. The minimum Gasteiger partial charge on any atom is -0.347 e. The number of rotatable bonds is 1. The summed E-state index contributed by atoms with van der Waals surface area (Å²) < 4.78 is 1.90. The second kappa shape index (κ2) is 3.63. The zero-order valence-electron chi connectivity index (χ0n) is 9.52. The Bertz CT molecular complexity index is 412. The monoisotopic (exact) mass is 219 g/mol. The molecule has 0 bridgehead atoms. The first-order chi connectivity index (χ1) is 7.77. The van der Waals surface area contributed by atoms with Crippen LogP contribution in [-0.4, -0.2) is 41.1 Å². The average Bonchev–Trinajstić information content (AvgIpc) is 2.90. The quantitative estimate of drug-likeness (QED) is 0.745. The molecule has 2 atom stereocenters. The first-order valence-electron chi connectivity index (χ1n) is 5.90. The normalized spacial score (nSPS) is 28.4. The Hall–Kier alpha value is -1.29. The number of aromatic nitrogens is 1. The van der Waals surface area contributed by atoms with Gasteiger partial charge in [-0.1, -0.05) is 0 Å². The number of aryl methyl sites for hydroxylation is 1. The molecule has 1 amide bonds. The highest BCUT2D eigenvalue weighted by molar-refractivity contribution is 5.93. The molecule has 0 aromatic carbocycles. The van der Waals surface area contributed by atoms with Crippen LogP contribution in [0.5, 0.6) is 0 Å². The molecule has 0 aliphatic carbocycles. The van der Waals surface area contributed by atoms with Crippen molar-refractivity contribution < 1.29 is 4.79 Å². The fourth-order valence-corrected chi connectivity index (χ4v) is 2.93. The fourth-order valence-electron chi connectivity index (χ4n) is 2.93. The van der Waals surface area contributed by atoms with Gasteiger partial charge in [-0.3, -0.25) is 4.79 Å². The van der Waals surface area contributed by atoms with Crippen LogP contribution in [0.2, 0.25) is 0 Å². The molecule has 0 spiro atoms. The SMILES string of the molecule is Cn1cccc1C(=O)N1CC[C@H]2CNC[C@H]21. The van der Waals surface area contributed by atoms with Crippen molar-refractivity contribution in [3.05, 3.63) is 24.0 Å². The van der Waals surface area contributed by atoms with Gasteiger partial charge in [-0.05, 0) is 24.5 Å². The summed E-state index contributed by atoms with van der Waals surface area (Å²) in [7, 11) is 1.92. The second-order valence-corrected chi connectivity index (χ2v) is 4.78. The van der Waals surface area contributed by atoms with Gasteiger partial charge < -0.3 is 14.8 Å². The van der Waals surface area contributed by atoms with E-state index in [4.69, 9.17) is 0 Å². The number of nitrogens with one attached hydrogen (secondary N) is 1. The van der Waals surface area contributed by atoms with Gasteiger partial charge in [-0.2, -0.15) is 0 Å². The third-order valence-corrected chi connectivity index (χ3v) is 3.87. The summed E-state index contributed by atoms with van der Waals surface area (Å²) >= 11 is 0. The average molecular weight is 219 g/mol. The number of carbonyl (C=O) groups excluding carboxylic acids is 1. The van der Waals surface area contributed by atoms with E-state index >= 15 is 0 Å². The molecule has 2 aliphatic heterocycles. The maximum Gasteiger partial charge on any atom is 0.270 e. The number of hydrogen-bond donors (Lipinski definition) is 1. The van der Waals surface area contributed by atoms with Crippen LogP contribution in [0.25, 0.3) is 0 Å². The van der Waals surface area contributed by atoms with Crippen LogP contribution in [0.3, 0.4) is 0 Å². The number of hydrogen-bond acceptors (Lipinski definition) is 2. The fraction of sp³-hybridized carbons (Fsp3) is 0.583. The Morgan fingerprint density at radius 3 is 3.12 bits per heavy atom. The largest absolute Gasteiger partial charge is 0.347 e. The van der Waals surface area contributed by atoms with Crippen LogP contribution < -0.4 is 5.32 Å². The first-order valence-corrected chi connectivity index (χ1v) is 5.90. The van der Waals surface area contributed by atoms with E-state index < -0.39 is 0 Å². The molecule has 16 heavy (non-hydrogen) atoms.